The highest BCUT2D eigenvalue weighted by atomic mass is 79.9. The van der Waals surface area contributed by atoms with Gasteiger partial charge in [0, 0.05) is 85.0 Å². The molecule has 4 aliphatic carbocycles. The van der Waals surface area contributed by atoms with E-state index in [1.165, 1.54) is 65.7 Å². The van der Waals surface area contributed by atoms with Crippen molar-refractivity contribution in [3.63, 3.8) is 0 Å². The molecule has 100 heavy (non-hydrogen) atoms. The maximum Gasteiger partial charge on any atom is 0.488 e. The number of pyridine rings is 4. The van der Waals surface area contributed by atoms with Gasteiger partial charge in [-0.3, -0.25) is 4.79 Å². The first-order valence-corrected chi connectivity index (χ1v) is 35.8. The molecule has 7 aromatic heterocycles. The molecule has 16 heteroatoms. The van der Waals surface area contributed by atoms with Crippen LogP contribution in [-0.4, -0.2) is 61.4 Å². The summed E-state index contributed by atoms with van der Waals surface area (Å²) in [6.07, 6.45) is 31.4. The molecule has 1 atom stereocenters. The van der Waals surface area contributed by atoms with Crippen LogP contribution in [0.3, 0.4) is 0 Å². The maximum atomic E-state index is 11.1. The Bertz CT molecular complexity index is 5490. The van der Waals surface area contributed by atoms with Crippen LogP contribution in [0, 0.1) is 5.92 Å². The number of carbonyl (C=O) groups excluding carboxylic acids is 1. The van der Waals surface area contributed by atoms with Gasteiger partial charge in [-0.05, 0) is 168 Å². The Balaban J connectivity index is 0.000000108. The number of halogens is 4. The Morgan fingerprint density at radius 1 is 0.500 bits per heavy atom. The second kappa shape index (κ2) is 30.4. The molecule has 0 fully saturated rings. The molecule has 0 bridgehead atoms. The van der Waals surface area contributed by atoms with Crippen molar-refractivity contribution in [3.05, 3.63) is 369 Å². The third kappa shape index (κ3) is 14.8. The van der Waals surface area contributed by atoms with Gasteiger partial charge in [0.05, 0.1) is 22.4 Å². The zero-order chi connectivity index (χ0) is 68.6. The highest BCUT2D eigenvalue weighted by Gasteiger charge is 2.37. The lowest BCUT2D eigenvalue weighted by molar-refractivity contribution is 0.102. The number of benzene rings is 8. The first-order valence-electron chi connectivity index (χ1n) is 32.3. The molecule has 0 radical (unpaired) electrons. The fraction of sp³-hybridized carbons (Fsp3) is 0.0357. The van der Waals surface area contributed by atoms with Crippen LogP contribution in [-0.2, 0) is 0 Å². The van der Waals surface area contributed by atoms with Crippen LogP contribution in [0.2, 0.25) is 0 Å². The lowest BCUT2D eigenvalue weighted by Crippen LogP contribution is -2.28. The lowest BCUT2D eigenvalue weighted by Gasteiger charge is -2.37. The number of hydrogen-bond acceptors (Lipinski definition) is 8. The van der Waals surface area contributed by atoms with Crippen LogP contribution in [0.25, 0.3) is 94.2 Å². The topological polar surface area (TPSA) is 148 Å². The monoisotopic (exact) mass is 1560 g/mol. The number of hydrogen-bond donors (Lipinski definition) is 3. The van der Waals surface area contributed by atoms with Gasteiger partial charge in [-0.25, -0.2) is 19.9 Å². The van der Waals surface area contributed by atoms with Crippen LogP contribution in [0.1, 0.15) is 16.8 Å². The minimum Gasteiger partial charge on any atom is -0.423 e. The van der Waals surface area contributed by atoms with E-state index in [0.29, 0.717) is 16.6 Å². The maximum absolute atomic E-state index is 11.1. The molecule has 4 aliphatic rings. The van der Waals surface area contributed by atoms with Crippen molar-refractivity contribution in [2.75, 3.05) is 11.1 Å². The zero-order valence-electron chi connectivity index (χ0n) is 53.6. The van der Waals surface area contributed by atoms with Crippen LogP contribution in [0.15, 0.2) is 363 Å². The Morgan fingerprint density at radius 2 is 1.00 bits per heavy atom. The number of rotatable bonds is 7. The summed E-state index contributed by atoms with van der Waals surface area (Å²) in [5.74, 6) is 0.853. The largest absolute Gasteiger partial charge is 0.488 e. The van der Waals surface area contributed by atoms with Gasteiger partial charge in [0.2, 0.25) is 0 Å². The third-order valence-corrected chi connectivity index (χ3v) is 19.7. The third-order valence-electron chi connectivity index (χ3n) is 17.6. The van der Waals surface area contributed by atoms with E-state index in [0.717, 1.165) is 81.7 Å². The van der Waals surface area contributed by atoms with Gasteiger partial charge in [0.25, 0.3) is 0 Å². The van der Waals surface area contributed by atoms with Crippen molar-refractivity contribution in [2.24, 2.45) is 5.92 Å². The molecule has 0 saturated heterocycles. The molecule has 486 valence electrons. The van der Waals surface area contributed by atoms with E-state index in [4.69, 9.17) is 10.7 Å². The minimum atomic E-state index is -1.41. The predicted octanol–water partition coefficient (Wildman–Crippen LogP) is 21.0. The number of fused-ring (bicyclic) bond motifs is 3. The normalized spacial score (nSPS) is 13.8. The molecule has 0 aliphatic heterocycles. The first-order chi connectivity index (χ1) is 48.9. The van der Waals surface area contributed by atoms with Crippen molar-refractivity contribution in [3.8, 4) is 44.9 Å². The number of anilines is 1. The standard InChI is InChI=1S/C29H18N2.C16H13BO2.2C13H9BrN2.C8H6Br2O.C5H6N2/c1-2-17-31-18-26(30-27(31)6-1)20-9-7-19(8-10-20)24-15-13-23-12-11-21-4-3-5-22-14-16-25(24)29(23)28(21)22;18-17(19)14-9-7-12-5-4-10-2-1-3-11-6-8-13(14)16(12)15(10)11;2*14-11-6-4-10(5-7-11)12-9-16-8-2-1-3-13(16)15-12;9-5-8(11)6-1-3-7(10)4-2-6;6-5-3-1-2-4-7-5/h1-18H;1-2,4-9,16,18-19H,3H2;2*1-9H;1-4H,5H2;1-4H,(H2,6,7). The van der Waals surface area contributed by atoms with Gasteiger partial charge in [-0.1, -0.05) is 252 Å². The van der Waals surface area contributed by atoms with E-state index in [9.17, 15) is 14.8 Å². The van der Waals surface area contributed by atoms with Crippen LogP contribution < -0.4 is 5.73 Å². The highest BCUT2D eigenvalue weighted by molar-refractivity contribution is 9.11. The summed E-state index contributed by atoms with van der Waals surface area (Å²) in [6, 6.07) is 76.0. The van der Waals surface area contributed by atoms with Crippen molar-refractivity contribution in [2.45, 2.75) is 6.42 Å². The van der Waals surface area contributed by atoms with Crippen molar-refractivity contribution in [1.82, 2.24) is 33.1 Å². The summed E-state index contributed by atoms with van der Waals surface area (Å²) < 4.78 is 9.27. The molecule has 11 nitrogen and oxygen atoms in total. The number of nitrogens with zero attached hydrogens (tertiary/aromatic N) is 7. The minimum absolute atomic E-state index is 0.109. The predicted molar refractivity (Wildman–Crippen MR) is 423 cm³/mol. The molecule has 4 N–H and O–H groups in total. The van der Waals surface area contributed by atoms with E-state index in [-0.39, 0.29) is 11.7 Å². The Hall–Kier alpha value is -10.4. The molecule has 0 saturated carbocycles. The lowest BCUT2D eigenvalue weighted by atomic mass is 9.61. The number of nitrogen functional groups attached to an aromatic ring is 1. The first kappa shape index (κ1) is 66.8. The summed E-state index contributed by atoms with van der Waals surface area (Å²) in [4.78, 5) is 28.7. The summed E-state index contributed by atoms with van der Waals surface area (Å²) in [5.41, 5.74) is 24.6. The van der Waals surface area contributed by atoms with Crippen LogP contribution in [0.5, 0.6) is 0 Å². The Kier molecular flexibility index (Phi) is 20.3. The van der Waals surface area contributed by atoms with Crippen LogP contribution in [0.4, 0.5) is 5.82 Å². The fourth-order valence-corrected chi connectivity index (χ4v) is 13.8. The van der Waals surface area contributed by atoms with Gasteiger partial charge >= 0.3 is 7.12 Å². The molecule has 19 rings (SSSR count). The van der Waals surface area contributed by atoms with Crippen LogP contribution >= 0.6 is 63.7 Å². The van der Waals surface area contributed by atoms with Gasteiger partial charge in [-0.15, -0.1) is 0 Å². The average Bonchev–Trinajstić information content (AvgIpc) is 1.67. The van der Waals surface area contributed by atoms with E-state index in [2.05, 4.69) is 223 Å². The molecular formula is C84H61BBr4N8O3. The number of Topliss-reactive ketones (excluding diaryl/α,β-unsaturated/α-hetero) is 1. The summed E-state index contributed by atoms with van der Waals surface area (Å²) >= 11 is 13.3. The molecule has 8 aromatic carbocycles. The van der Waals surface area contributed by atoms with Crippen molar-refractivity contribution >= 4 is 132 Å². The fourth-order valence-electron chi connectivity index (χ4n) is 12.7. The van der Waals surface area contributed by atoms with Gasteiger partial charge < -0.3 is 29.0 Å². The highest BCUT2D eigenvalue weighted by Crippen LogP contribution is 2.49. The second-order valence-electron chi connectivity index (χ2n) is 23.9. The summed E-state index contributed by atoms with van der Waals surface area (Å²) in [6.45, 7) is 0. The summed E-state index contributed by atoms with van der Waals surface area (Å²) in [7, 11) is -1.41. The molecular weight excluding hydrogens is 1500 g/mol. The Labute approximate surface area is 611 Å². The summed E-state index contributed by atoms with van der Waals surface area (Å²) in [5, 5.41) is 27.4. The number of ketones is 1. The second-order valence-corrected chi connectivity index (χ2v) is 27.2. The van der Waals surface area contributed by atoms with Gasteiger partial charge in [0.1, 0.15) is 22.8 Å². The number of allylic oxidation sites excluding steroid dienone is 14. The molecule has 7 heterocycles. The van der Waals surface area contributed by atoms with Gasteiger partial charge in [-0.2, -0.15) is 0 Å². The molecule has 1 unspecified atom stereocenters. The van der Waals surface area contributed by atoms with E-state index in [1.807, 2.05) is 161 Å². The molecule has 0 spiro atoms. The van der Waals surface area contributed by atoms with E-state index < -0.39 is 7.12 Å². The SMILES string of the molecule is Brc1ccc(-c2cn3ccccc3n2)cc1.Brc1ccc(-c2cn3ccccc3n2)cc1.Nc1ccccn1.O=C(CBr)c1ccc(Br)cc1.OB(O)C1=CC=C2C=CC3=C4C(=CC=C1C24)CC=C3.c1cc2ccc3ccc(-c4ccc(-c5cn6ccccc6n5)cc4)c4ccc(c1)c2c34. The molecule has 15 aromatic rings. The average molecular weight is 1560 g/mol. The smallest absolute Gasteiger partial charge is 0.423 e. The Morgan fingerprint density at radius 3 is 1.50 bits per heavy atom. The number of alkyl halides is 1. The molecule has 0 amide bonds. The van der Waals surface area contributed by atoms with Crippen molar-refractivity contribution < 1.29 is 14.8 Å². The number of carbonyl (C=O) groups is 1. The number of imidazole rings is 3. The van der Waals surface area contributed by atoms with E-state index in [1.54, 1.807) is 24.4 Å². The number of aromatic nitrogens is 7. The van der Waals surface area contributed by atoms with E-state index >= 15 is 0 Å². The quantitative estimate of drug-likeness (QED) is 0.0618. The zero-order valence-corrected chi connectivity index (χ0v) is 60.0. The van der Waals surface area contributed by atoms with Crippen molar-refractivity contribution in [1.29, 1.82) is 0 Å². The number of nitrogens with two attached hydrogens (primary N) is 1. The van der Waals surface area contributed by atoms with Gasteiger partial charge in [0.15, 0.2) is 5.78 Å².